The van der Waals surface area contributed by atoms with E-state index in [0.29, 0.717) is 13.2 Å². The molecule has 0 aliphatic rings. The molecule has 0 saturated heterocycles. The quantitative estimate of drug-likeness (QED) is 0.134. The van der Waals surface area contributed by atoms with Gasteiger partial charge in [-0.3, -0.25) is 4.98 Å². The van der Waals surface area contributed by atoms with Crippen LogP contribution in [0.25, 0.3) is 33.3 Å². The molecule has 0 spiro atoms. The lowest BCUT2D eigenvalue weighted by Gasteiger charge is -2.14. The van der Waals surface area contributed by atoms with E-state index in [1.54, 1.807) is 0 Å². The lowest BCUT2D eigenvalue weighted by Crippen LogP contribution is -2.15. The van der Waals surface area contributed by atoms with Gasteiger partial charge < -0.3 is 23.8 Å². The maximum absolute atomic E-state index is 6.15. The predicted molar refractivity (Wildman–Crippen MR) is 173 cm³/mol. The van der Waals surface area contributed by atoms with Crippen molar-refractivity contribution < 1.29 is 9.47 Å². The van der Waals surface area contributed by atoms with Crippen molar-refractivity contribution in [2.75, 3.05) is 47.9 Å². The van der Waals surface area contributed by atoms with Gasteiger partial charge in [0.15, 0.2) is 0 Å². The number of benzene rings is 3. The first-order chi connectivity index (χ1) is 20.5. The summed E-state index contributed by atoms with van der Waals surface area (Å²) in [4.78, 5) is 9.06. The van der Waals surface area contributed by atoms with E-state index in [2.05, 4.69) is 102 Å². The molecule has 0 atom stereocenters. The fourth-order valence-corrected chi connectivity index (χ4v) is 5.16. The highest BCUT2D eigenvalue weighted by Crippen LogP contribution is 2.33. The zero-order valence-electron chi connectivity index (χ0n) is 25.3. The Morgan fingerprint density at radius 2 is 1.38 bits per heavy atom. The van der Waals surface area contributed by atoms with E-state index in [9.17, 15) is 0 Å². The summed E-state index contributed by atoms with van der Waals surface area (Å²) in [6.07, 6.45) is 5.96. The number of ether oxygens (including phenoxy) is 2. The van der Waals surface area contributed by atoms with Crippen molar-refractivity contribution in [3.05, 3.63) is 103 Å². The number of rotatable bonds is 14. The summed E-state index contributed by atoms with van der Waals surface area (Å²) >= 11 is 0. The normalized spacial score (nSPS) is 11.5. The van der Waals surface area contributed by atoms with Crippen molar-refractivity contribution in [1.82, 2.24) is 19.4 Å². The van der Waals surface area contributed by atoms with Crippen LogP contribution in [0.4, 0.5) is 0 Å². The van der Waals surface area contributed by atoms with Crippen LogP contribution in [-0.2, 0) is 13.2 Å². The minimum atomic E-state index is 0.550. The van der Waals surface area contributed by atoms with Crippen molar-refractivity contribution >= 4 is 10.9 Å². The molecule has 0 unspecified atom stereocenters. The largest absolute Gasteiger partial charge is 0.494 e. The van der Waals surface area contributed by atoms with Gasteiger partial charge in [0.25, 0.3) is 0 Å². The van der Waals surface area contributed by atoms with E-state index in [4.69, 9.17) is 9.47 Å². The lowest BCUT2D eigenvalue weighted by atomic mass is 10.0. The number of fused-ring (bicyclic) bond motifs is 1. The van der Waals surface area contributed by atoms with Crippen molar-refractivity contribution in [3.63, 3.8) is 0 Å². The van der Waals surface area contributed by atoms with Crippen molar-refractivity contribution in [3.8, 4) is 33.9 Å². The van der Waals surface area contributed by atoms with E-state index in [-0.39, 0.29) is 0 Å². The van der Waals surface area contributed by atoms with Crippen molar-refractivity contribution in [1.29, 1.82) is 0 Å². The molecular weight excluding hydrogens is 520 g/mol. The summed E-state index contributed by atoms with van der Waals surface area (Å²) in [6.45, 7) is 4.23. The minimum Gasteiger partial charge on any atom is -0.494 e. The smallest absolute Gasteiger partial charge is 0.120 e. The number of pyridine rings is 1. The maximum Gasteiger partial charge on any atom is 0.120 e. The van der Waals surface area contributed by atoms with Crippen LogP contribution in [0.5, 0.6) is 11.5 Å². The number of hydrogen-bond acceptors (Lipinski definition) is 5. The Kier molecular flexibility index (Phi) is 9.90. The zero-order chi connectivity index (χ0) is 29.3. The summed E-state index contributed by atoms with van der Waals surface area (Å²) in [5.41, 5.74) is 6.84. The van der Waals surface area contributed by atoms with Crippen LogP contribution < -0.4 is 9.47 Å². The highest BCUT2D eigenvalue weighted by atomic mass is 16.5. The summed E-state index contributed by atoms with van der Waals surface area (Å²) in [5.74, 6) is 1.77. The molecule has 0 saturated carbocycles. The van der Waals surface area contributed by atoms with Gasteiger partial charge >= 0.3 is 0 Å². The SMILES string of the molecule is CN(C)CCCOc1ccc(-c2cncc(-c3cc4cc(OCc5ccccc5)ccc4n3CCCN(C)C)c2)cc1. The maximum atomic E-state index is 6.15. The third kappa shape index (κ3) is 7.78. The van der Waals surface area contributed by atoms with Crippen molar-refractivity contribution in [2.24, 2.45) is 0 Å². The van der Waals surface area contributed by atoms with E-state index < -0.39 is 0 Å². The average Bonchev–Trinajstić information content (AvgIpc) is 3.36. The third-order valence-electron chi connectivity index (χ3n) is 7.35. The van der Waals surface area contributed by atoms with Gasteiger partial charge in [0, 0.05) is 47.5 Å². The molecule has 6 nitrogen and oxygen atoms in total. The van der Waals surface area contributed by atoms with Crippen LogP contribution >= 0.6 is 0 Å². The fourth-order valence-electron chi connectivity index (χ4n) is 5.16. The predicted octanol–water partition coefficient (Wildman–Crippen LogP) is 7.23. The second kappa shape index (κ2) is 14.2. The minimum absolute atomic E-state index is 0.550. The van der Waals surface area contributed by atoms with Gasteiger partial charge in [-0.15, -0.1) is 0 Å². The van der Waals surface area contributed by atoms with Crippen LogP contribution in [0.3, 0.4) is 0 Å². The van der Waals surface area contributed by atoms with Crippen LogP contribution in [0.15, 0.2) is 97.3 Å². The Morgan fingerprint density at radius 3 is 2.14 bits per heavy atom. The molecule has 0 aliphatic heterocycles. The Labute approximate surface area is 250 Å². The van der Waals surface area contributed by atoms with Crippen LogP contribution in [0, 0.1) is 0 Å². The molecule has 2 heterocycles. The molecule has 0 fully saturated rings. The summed E-state index contributed by atoms with van der Waals surface area (Å²) in [7, 11) is 8.41. The molecule has 42 heavy (non-hydrogen) atoms. The highest BCUT2D eigenvalue weighted by Gasteiger charge is 2.14. The molecule has 0 aliphatic carbocycles. The van der Waals surface area contributed by atoms with E-state index in [1.165, 1.54) is 16.6 Å². The molecule has 0 bridgehead atoms. The topological polar surface area (TPSA) is 42.8 Å². The number of aryl methyl sites for hydroxylation is 1. The van der Waals surface area contributed by atoms with Gasteiger partial charge in [0.05, 0.1) is 12.3 Å². The monoisotopic (exact) mass is 562 g/mol. The standard InChI is InChI=1S/C36H42N4O2/c1-38(2)18-8-20-40-35-17-16-34(42-27-28-10-6-5-7-11-28)23-30(35)24-36(40)32-22-31(25-37-26-32)29-12-14-33(15-13-29)41-21-9-19-39(3)4/h5-7,10-17,22-26H,8-9,18-21,27H2,1-4H3. The third-order valence-corrected chi connectivity index (χ3v) is 7.35. The summed E-state index contributed by atoms with van der Waals surface area (Å²) in [6, 6.07) is 29.5. The van der Waals surface area contributed by atoms with Gasteiger partial charge in [0.2, 0.25) is 0 Å². The van der Waals surface area contributed by atoms with Crippen LogP contribution in [0.1, 0.15) is 18.4 Å². The molecule has 2 aromatic heterocycles. The molecule has 5 aromatic rings. The number of nitrogens with zero attached hydrogens (tertiary/aromatic N) is 4. The molecule has 0 N–H and O–H groups in total. The zero-order valence-corrected chi connectivity index (χ0v) is 25.3. The van der Waals surface area contributed by atoms with Gasteiger partial charge in [-0.25, -0.2) is 0 Å². The first-order valence-electron chi connectivity index (χ1n) is 14.7. The highest BCUT2D eigenvalue weighted by molar-refractivity contribution is 5.88. The van der Waals surface area contributed by atoms with Crippen LogP contribution in [0.2, 0.25) is 0 Å². The first kappa shape index (κ1) is 29.4. The second-order valence-corrected chi connectivity index (χ2v) is 11.3. The number of aromatic nitrogens is 2. The van der Waals surface area contributed by atoms with E-state index >= 15 is 0 Å². The second-order valence-electron chi connectivity index (χ2n) is 11.3. The number of hydrogen-bond donors (Lipinski definition) is 0. The summed E-state index contributed by atoms with van der Waals surface area (Å²) < 4.78 is 14.5. The van der Waals surface area contributed by atoms with E-state index in [0.717, 1.165) is 66.2 Å². The van der Waals surface area contributed by atoms with Gasteiger partial charge in [0.1, 0.15) is 18.1 Å². The molecule has 6 heteroatoms. The Morgan fingerprint density at radius 1 is 0.667 bits per heavy atom. The Balaban J connectivity index is 1.39. The van der Waals surface area contributed by atoms with Gasteiger partial charge in [-0.1, -0.05) is 42.5 Å². The Hall–Kier alpha value is -4.13. The van der Waals surface area contributed by atoms with Gasteiger partial charge in [-0.05, 0) is 101 Å². The Bertz CT molecular complexity index is 1560. The molecule has 3 aromatic carbocycles. The fraction of sp³-hybridized carbons (Fsp3) is 0.306. The molecule has 218 valence electrons. The molecular formula is C36H42N4O2. The lowest BCUT2D eigenvalue weighted by molar-refractivity contribution is 0.281. The molecule has 0 radical (unpaired) electrons. The van der Waals surface area contributed by atoms with Gasteiger partial charge in [-0.2, -0.15) is 0 Å². The van der Waals surface area contributed by atoms with Crippen molar-refractivity contribution in [2.45, 2.75) is 26.0 Å². The molecule has 5 rings (SSSR count). The van der Waals surface area contributed by atoms with Crippen LogP contribution in [-0.4, -0.2) is 67.2 Å². The first-order valence-corrected chi connectivity index (χ1v) is 14.7. The average molecular weight is 563 g/mol. The van der Waals surface area contributed by atoms with E-state index in [1.807, 2.05) is 42.7 Å². The molecule has 0 amide bonds. The summed E-state index contributed by atoms with van der Waals surface area (Å²) in [5, 5.41) is 1.17.